The van der Waals surface area contributed by atoms with Crippen LogP contribution < -0.4 is 26.3 Å². The van der Waals surface area contributed by atoms with E-state index in [0.29, 0.717) is 81.4 Å². The predicted octanol–water partition coefficient (Wildman–Crippen LogP) is 13.7. The van der Waals surface area contributed by atoms with Crippen LogP contribution in [0.5, 0.6) is 28.7 Å². The average molecular weight is 1560 g/mol. The Bertz CT molecular complexity index is 4320. The van der Waals surface area contributed by atoms with Crippen molar-refractivity contribution in [2.45, 2.75) is 46.8 Å². The number of carbonyl (C=O) groups is 1. The molecule has 0 aliphatic carbocycles. The molecule has 12 rings (SSSR count). The number of carbonyl (C=O) groups excluding carboxylic acids is 1. The minimum absolute atomic E-state index is 0. The Morgan fingerprint density at radius 1 is 0.538 bits per heavy atom. The van der Waals surface area contributed by atoms with Crippen molar-refractivity contribution in [2.75, 3.05) is 38.2 Å². The van der Waals surface area contributed by atoms with Gasteiger partial charge in [0.15, 0.2) is 5.82 Å². The summed E-state index contributed by atoms with van der Waals surface area (Å²) < 4.78 is 54.2. The fraction of sp³-hybridized carbons (Fsp3) is 0.178. The van der Waals surface area contributed by atoms with Gasteiger partial charge in [-0.3, -0.25) is 0 Å². The molecule has 33 heteroatoms. The highest BCUT2D eigenvalue weighted by Gasteiger charge is 2.42. The summed E-state index contributed by atoms with van der Waals surface area (Å²) in [6.45, 7) is 5.99. The number of rotatable bonds is 19. The number of alkyl carbamates (subject to hydrolysis) is 1. The van der Waals surface area contributed by atoms with Crippen molar-refractivity contribution < 1.29 is 47.5 Å². The number of phenolic OH excluding ortho intramolecular Hbond substituents is 3. The maximum Gasteiger partial charge on any atom is 0.407 e. The first kappa shape index (κ1) is 88.0. The second-order valence-corrected chi connectivity index (χ2v) is 22.6. The molecule has 1 amide bonds. The third-order valence-corrected chi connectivity index (χ3v) is 14.5. The SMILES string of the molecule is C.C.CC(C)(C)OC(=O)NCC(=CF)CBr.Cl.Cl.N#Cc1ccc(O)cc1.NC/C(=C/F)COc1ccc(-c2nn[nH]n2)cc1.NC/C(=C\F)COc1ccc(-c2nn[nH]n2)cc1.Oc1ccc(-c2nn[nH]n2)cc1.Oc1ccc(-c2nnnn2C(c2ccccc2)(c2ccccc2)c2ccccc2)cc1. The van der Waals surface area contributed by atoms with Gasteiger partial charge in [-0.1, -0.05) is 122 Å². The Labute approximate surface area is 630 Å². The third-order valence-electron chi connectivity index (χ3n) is 13.7. The van der Waals surface area contributed by atoms with Crippen LogP contribution in [-0.2, 0) is 10.3 Å². The molecule has 0 saturated carbocycles. The maximum atomic E-state index is 12.3. The van der Waals surface area contributed by atoms with Gasteiger partial charge in [0.05, 0.1) is 30.6 Å². The van der Waals surface area contributed by atoms with E-state index < -0.39 is 17.2 Å². The summed E-state index contributed by atoms with van der Waals surface area (Å²) in [5, 5.41) is 92.0. The summed E-state index contributed by atoms with van der Waals surface area (Å²) in [7, 11) is 0. The van der Waals surface area contributed by atoms with Crippen LogP contribution in [0.15, 0.2) is 248 Å². The van der Waals surface area contributed by atoms with Crippen LogP contribution in [0.2, 0.25) is 0 Å². The largest absolute Gasteiger partial charge is 0.508 e. The highest BCUT2D eigenvalue weighted by Crippen LogP contribution is 2.42. The van der Waals surface area contributed by atoms with Crippen LogP contribution in [0.4, 0.5) is 18.0 Å². The fourth-order valence-electron chi connectivity index (χ4n) is 8.74. The van der Waals surface area contributed by atoms with Crippen molar-refractivity contribution >= 4 is 46.8 Å². The topological polar surface area (TPSA) is 400 Å². The number of hydrogen-bond donors (Lipinski definition) is 9. The Hall–Kier alpha value is -12.2. The monoisotopic (exact) mass is 1550 g/mol. The highest BCUT2D eigenvalue weighted by atomic mass is 79.9. The van der Waals surface area contributed by atoms with Gasteiger partial charge in [-0.2, -0.15) is 20.9 Å². The number of H-pyrrole nitrogens is 3. The van der Waals surface area contributed by atoms with Crippen LogP contribution in [-0.4, -0.2) is 147 Å². The summed E-state index contributed by atoms with van der Waals surface area (Å²) in [6, 6.07) is 66.5. The van der Waals surface area contributed by atoms with E-state index in [1.165, 1.54) is 12.1 Å². The zero-order valence-corrected chi connectivity index (χ0v) is 59.1. The smallest absolute Gasteiger partial charge is 0.407 e. The molecule has 0 unspecified atom stereocenters. The van der Waals surface area contributed by atoms with Gasteiger partial charge in [-0.25, -0.2) is 22.6 Å². The summed E-state index contributed by atoms with van der Waals surface area (Å²) in [5.74, 6) is 4.00. The van der Waals surface area contributed by atoms with E-state index in [-0.39, 0.29) is 89.8 Å². The van der Waals surface area contributed by atoms with Crippen LogP contribution in [0.1, 0.15) is 57.9 Å². The Kier molecular flexibility index (Phi) is 38.5. The van der Waals surface area contributed by atoms with Crippen LogP contribution in [0, 0.1) is 11.3 Å². The zero-order valence-electron chi connectivity index (χ0n) is 55.9. The van der Waals surface area contributed by atoms with E-state index in [2.05, 4.69) is 135 Å². The van der Waals surface area contributed by atoms with Gasteiger partial charge in [-0.05, 0) is 190 Å². The first-order chi connectivity index (χ1) is 49.5. The quantitative estimate of drug-likeness (QED) is 0.0268. The van der Waals surface area contributed by atoms with Crippen molar-refractivity contribution in [3.05, 3.63) is 270 Å². The van der Waals surface area contributed by atoms with E-state index in [1.807, 2.05) is 77.5 Å². The second-order valence-electron chi connectivity index (χ2n) is 22.0. The average Bonchev–Trinajstić information content (AvgIpc) is 1.29. The minimum Gasteiger partial charge on any atom is -0.508 e. The van der Waals surface area contributed by atoms with Gasteiger partial charge in [-0.15, -0.1) is 60.5 Å². The standard InChI is InChI=1S/C26H20N4O.2C11H12FN5O.C9H15BrFNO2.C7H6N4O.C7H5NO.2CH4.2ClH/c31-24-18-16-20(17-19-24)25-27-28-29-30(25)26(21-10-4-1-5-11-21,22-12-6-2-7-13-22)23-14-8-3-9-15-23;2*12-5-8(6-13)7-18-10-3-1-9(2-4-10)11-14-16-17-15-11;1-9(2,3)14-8(13)12-6-7(4-10)5-11;12-6-3-1-5(2-4-6)7-8-10-11-9-7;8-5-6-1-3-7(9)4-2-6;;;;/h1-19,31H;2*1-5H,6-7,13H2,(H,14,15,16,17);5H,4,6H2,1-3H3,(H,12,13);1-4,12H,(H,8,9,10,11);1-4,9H;2*1H4;2*1H/b;8-5+;8-5-;;;;;;;. The molecule has 12 aromatic rings. The molecule has 4 aromatic heterocycles. The number of phenols is 3. The molecule has 0 radical (unpaired) electrons. The van der Waals surface area contributed by atoms with Crippen molar-refractivity contribution in [3.8, 4) is 80.4 Å². The Morgan fingerprint density at radius 2 is 0.887 bits per heavy atom. The lowest BCUT2D eigenvalue weighted by molar-refractivity contribution is 0.0532. The second kappa shape index (κ2) is 46.4. The lowest BCUT2D eigenvalue weighted by Gasteiger charge is -2.36. The molecular formula is C73H80BrCl2F3N20O7. The molecular weight excluding hydrogens is 1480 g/mol. The molecule has 0 fully saturated rings. The molecule has 0 aliphatic rings. The summed E-state index contributed by atoms with van der Waals surface area (Å²) >= 11 is 3.09. The number of nitriles is 1. The number of aromatic nitrogens is 16. The first-order valence-corrected chi connectivity index (χ1v) is 31.8. The number of hydrogen-bond acceptors (Lipinski definition) is 22. The Morgan fingerprint density at radius 3 is 1.20 bits per heavy atom. The number of halogens is 6. The number of alkyl halides is 1. The molecule has 8 aromatic carbocycles. The number of nitrogens with two attached hydrogens (primary N) is 2. The van der Waals surface area contributed by atoms with E-state index in [4.69, 9.17) is 41.2 Å². The number of benzene rings is 8. The van der Waals surface area contributed by atoms with Gasteiger partial charge >= 0.3 is 6.09 Å². The lowest BCUT2D eigenvalue weighted by Crippen LogP contribution is -2.39. The first-order valence-electron chi connectivity index (χ1n) is 30.7. The lowest BCUT2D eigenvalue weighted by atomic mass is 9.77. The van der Waals surface area contributed by atoms with Gasteiger partial charge in [0, 0.05) is 58.4 Å². The van der Waals surface area contributed by atoms with E-state index in [1.54, 1.807) is 118 Å². The molecule has 11 N–H and O–H groups in total. The number of aromatic amines is 3. The number of amides is 1. The molecule has 0 spiro atoms. The minimum atomic E-state index is -0.791. The number of nitrogens with one attached hydrogen (secondary N) is 4. The van der Waals surface area contributed by atoms with Crippen LogP contribution in [0.25, 0.3) is 45.6 Å². The molecule has 556 valence electrons. The summed E-state index contributed by atoms with van der Waals surface area (Å²) in [4.78, 5) is 11.1. The van der Waals surface area contributed by atoms with Crippen molar-refractivity contribution in [1.82, 2.24) is 87.4 Å². The third kappa shape index (κ3) is 27.2. The van der Waals surface area contributed by atoms with Gasteiger partial charge < -0.3 is 46.3 Å². The highest BCUT2D eigenvalue weighted by molar-refractivity contribution is 9.09. The molecule has 0 aliphatic heterocycles. The number of aromatic hydroxyl groups is 3. The maximum absolute atomic E-state index is 12.3. The molecule has 4 heterocycles. The molecule has 0 atom stereocenters. The Balaban J connectivity index is 0.000000343. The zero-order chi connectivity index (χ0) is 73.0. The van der Waals surface area contributed by atoms with Crippen molar-refractivity contribution in [1.29, 1.82) is 5.26 Å². The molecule has 106 heavy (non-hydrogen) atoms. The molecule has 27 nitrogen and oxygen atoms in total. The number of ether oxygens (including phenoxy) is 3. The predicted molar refractivity (Wildman–Crippen MR) is 406 cm³/mol. The number of tetrazole rings is 4. The van der Waals surface area contributed by atoms with Gasteiger partial charge in [0.2, 0.25) is 17.5 Å². The summed E-state index contributed by atoms with van der Waals surface area (Å²) in [6.07, 6.45) is 0.853. The normalized spacial score (nSPS) is 10.7. The van der Waals surface area contributed by atoms with Crippen molar-refractivity contribution in [3.63, 3.8) is 0 Å². The van der Waals surface area contributed by atoms with E-state index in [0.717, 1.165) is 38.9 Å². The number of nitrogens with zero attached hydrogens (tertiary/aromatic N) is 14. The van der Waals surface area contributed by atoms with Crippen LogP contribution >= 0.6 is 40.7 Å². The van der Waals surface area contributed by atoms with Crippen LogP contribution in [0.3, 0.4) is 0 Å². The van der Waals surface area contributed by atoms with E-state index in [9.17, 15) is 23.1 Å². The van der Waals surface area contributed by atoms with E-state index >= 15 is 0 Å². The fourth-order valence-corrected chi connectivity index (χ4v) is 9.07. The molecule has 0 saturated heterocycles. The van der Waals surface area contributed by atoms with Gasteiger partial charge in [0.25, 0.3) is 0 Å². The van der Waals surface area contributed by atoms with Gasteiger partial charge in [0.1, 0.15) is 53.1 Å². The summed E-state index contributed by atoms with van der Waals surface area (Å²) in [5.41, 5.74) is 17.5. The molecule has 0 bridgehead atoms. The van der Waals surface area contributed by atoms with Crippen molar-refractivity contribution in [2.24, 2.45) is 11.5 Å².